The molecule has 2 bridgehead atoms. The molecule has 3 aromatic carbocycles. The Hall–Kier alpha value is -4.36. The van der Waals surface area contributed by atoms with Gasteiger partial charge in [0, 0.05) is 21.7 Å². The maximum atomic E-state index is 14.0. The molecule has 47 heavy (non-hydrogen) atoms. The molecule has 3 fully saturated rings. The largest absolute Gasteiger partial charge is 0.484 e. The van der Waals surface area contributed by atoms with E-state index in [4.69, 9.17) is 4.74 Å². The lowest BCUT2D eigenvalue weighted by atomic mass is 9.68. The van der Waals surface area contributed by atoms with Gasteiger partial charge < -0.3 is 15.0 Å². The number of amides is 3. The number of thioether (sulfide) groups is 1. The smallest absolute Gasteiger partial charge is 0.416 e. The van der Waals surface area contributed by atoms with E-state index < -0.39 is 35.4 Å². The number of thiazole rings is 1. The Kier molecular flexibility index (Phi) is 7.10. The second-order valence-electron chi connectivity index (χ2n) is 12.3. The van der Waals surface area contributed by atoms with Gasteiger partial charge in [0.2, 0.25) is 11.8 Å². The minimum Gasteiger partial charge on any atom is -0.484 e. The van der Waals surface area contributed by atoms with E-state index in [1.807, 2.05) is 36.4 Å². The Bertz CT molecular complexity index is 1980. The number of fused-ring (bicyclic) bond motifs is 9. The second-order valence-corrected chi connectivity index (χ2v) is 14.5. The van der Waals surface area contributed by atoms with Crippen molar-refractivity contribution in [2.45, 2.75) is 28.8 Å². The highest BCUT2D eigenvalue weighted by atomic mass is 32.2. The van der Waals surface area contributed by atoms with Gasteiger partial charge in [0.15, 0.2) is 6.61 Å². The lowest BCUT2D eigenvalue weighted by Gasteiger charge is -2.43. The molecule has 3 heterocycles. The molecule has 0 spiro atoms. The lowest BCUT2D eigenvalue weighted by molar-refractivity contribution is -0.137. The summed E-state index contributed by atoms with van der Waals surface area (Å²) in [6, 6.07) is 20.7. The number of ether oxygens (including phenoxy) is 1. The van der Waals surface area contributed by atoms with Crippen LogP contribution in [0.2, 0.25) is 0 Å². The van der Waals surface area contributed by atoms with Crippen LogP contribution in [0.1, 0.15) is 28.3 Å². The van der Waals surface area contributed by atoms with Gasteiger partial charge in [0.05, 0.1) is 28.1 Å². The fourth-order valence-corrected chi connectivity index (χ4v) is 11.0. The molecule has 2 saturated carbocycles. The van der Waals surface area contributed by atoms with Crippen molar-refractivity contribution >= 4 is 52.2 Å². The molecule has 1 aromatic heterocycles. The van der Waals surface area contributed by atoms with E-state index in [1.54, 1.807) is 18.2 Å². The zero-order chi connectivity index (χ0) is 32.6. The molecule has 2 aliphatic heterocycles. The number of nitrogens with zero attached hydrogens (tertiary/aromatic N) is 1. The third-order valence-corrected chi connectivity index (χ3v) is 12.4. The van der Waals surface area contributed by atoms with Gasteiger partial charge in [0.1, 0.15) is 5.75 Å². The summed E-state index contributed by atoms with van der Waals surface area (Å²) >= 11 is 2.64. The van der Waals surface area contributed by atoms with E-state index in [9.17, 15) is 32.3 Å². The molecule has 2 aliphatic carbocycles. The molecule has 3 amide bonds. The number of para-hydroxylation sites is 1. The van der Waals surface area contributed by atoms with Crippen LogP contribution in [-0.4, -0.2) is 34.6 Å². The minimum absolute atomic E-state index is 0.0691. The van der Waals surface area contributed by atoms with Crippen molar-refractivity contribution in [2.75, 3.05) is 16.8 Å². The average Bonchev–Trinajstić information content (AvgIpc) is 3.79. The number of aromatic nitrogens is 1. The molecule has 13 heteroatoms. The molecule has 0 radical (unpaired) electrons. The first kappa shape index (κ1) is 30.0. The molecule has 0 unspecified atom stereocenters. The van der Waals surface area contributed by atoms with Gasteiger partial charge in [-0.15, -0.1) is 11.8 Å². The van der Waals surface area contributed by atoms with Crippen molar-refractivity contribution in [1.82, 2.24) is 4.98 Å². The molecule has 7 atom stereocenters. The summed E-state index contributed by atoms with van der Waals surface area (Å²) < 4.78 is 46.4. The highest BCUT2D eigenvalue weighted by Crippen LogP contribution is 2.68. The number of hydrogen-bond donors (Lipinski definition) is 2. The standard InChI is InChI=1S/C34H26F3N3O5S2/c35-34(36,37)17-7-5-10-19(13-17)40-31(42)26-21-14-22(27(26)32(40)43)28-25(21)24(29-30(46-28)39-33(44)47-29)16-6-4-11-20(12-16)45-15-23(41)38-18-8-2-1-3-9-18/h1-13,21-22,24-28H,14-15H2,(H,38,41)(H,39,44)/t21-,22-,24+,25-,26+,27+,28-/m1/s1. The van der Waals surface area contributed by atoms with E-state index in [1.165, 1.54) is 23.9 Å². The topological polar surface area (TPSA) is 109 Å². The number of benzene rings is 3. The van der Waals surface area contributed by atoms with Crippen molar-refractivity contribution in [3.05, 3.63) is 105 Å². The van der Waals surface area contributed by atoms with Gasteiger partial charge in [-0.2, -0.15) is 13.2 Å². The average molecular weight is 678 g/mol. The molecular formula is C34H26F3N3O5S2. The number of anilines is 2. The van der Waals surface area contributed by atoms with Crippen molar-refractivity contribution in [1.29, 1.82) is 0 Å². The van der Waals surface area contributed by atoms with Gasteiger partial charge in [-0.3, -0.25) is 24.1 Å². The highest BCUT2D eigenvalue weighted by Gasteiger charge is 2.69. The van der Waals surface area contributed by atoms with Crippen LogP contribution in [0.5, 0.6) is 5.75 Å². The van der Waals surface area contributed by atoms with Gasteiger partial charge in [-0.1, -0.05) is 47.7 Å². The van der Waals surface area contributed by atoms with Gasteiger partial charge in [0.25, 0.3) is 5.91 Å². The SMILES string of the molecule is O=C(COc1cccc([C@@H]2c3sc(=O)[nH]c3S[C@@H]3[C@@H]4C[C@@H]([C@@H]5C(=O)N(c6cccc(C(F)(F)F)c6)C(=O)[C@@H]45)[C@H]23)c1)Nc1ccccc1. The van der Waals surface area contributed by atoms with Crippen molar-refractivity contribution in [3.8, 4) is 5.75 Å². The first-order valence-electron chi connectivity index (χ1n) is 15.1. The van der Waals surface area contributed by atoms with Crippen molar-refractivity contribution in [3.63, 3.8) is 0 Å². The molecule has 1 saturated heterocycles. The third-order valence-electron chi connectivity index (χ3n) is 9.80. The Labute approximate surface area is 274 Å². The number of imide groups is 1. The van der Waals surface area contributed by atoms with Gasteiger partial charge >= 0.3 is 11.0 Å². The number of aromatic amines is 1. The zero-order valence-corrected chi connectivity index (χ0v) is 26.0. The number of carbonyl (C=O) groups excluding carboxylic acids is 3. The summed E-state index contributed by atoms with van der Waals surface area (Å²) in [6.45, 7) is -0.218. The summed E-state index contributed by atoms with van der Waals surface area (Å²) in [5.74, 6) is -2.89. The van der Waals surface area contributed by atoms with Crippen LogP contribution in [0.3, 0.4) is 0 Å². The monoisotopic (exact) mass is 677 g/mol. The van der Waals surface area contributed by atoms with Gasteiger partial charge in [-0.25, -0.2) is 0 Å². The Balaban J connectivity index is 1.10. The van der Waals surface area contributed by atoms with Crippen LogP contribution in [0.25, 0.3) is 0 Å². The Morgan fingerprint density at radius 2 is 1.68 bits per heavy atom. The summed E-state index contributed by atoms with van der Waals surface area (Å²) in [5, 5.41) is 3.42. The second kappa shape index (κ2) is 11.1. The maximum Gasteiger partial charge on any atom is 0.416 e. The minimum atomic E-state index is -4.62. The summed E-state index contributed by atoms with van der Waals surface area (Å²) in [6.07, 6.45) is -3.98. The van der Waals surface area contributed by atoms with Crippen LogP contribution >= 0.6 is 23.1 Å². The first-order valence-corrected chi connectivity index (χ1v) is 16.8. The number of halogens is 3. The number of H-pyrrole nitrogens is 1. The predicted molar refractivity (Wildman–Crippen MR) is 169 cm³/mol. The summed E-state index contributed by atoms with van der Waals surface area (Å²) in [4.78, 5) is 57.5. The third kappa shape index (κ3) is 4.98. The van der Waals surface area contributed by atoms with E-state index in [-0.39, 0.29) is 52.0 Å². The van der Waals surface area contributed by atoms with Crippen molar-refractivity contribution < 1.29 is 32.3 Å². The Morgan fingerprint density at radius 3 is 2.45 bits per heavy atom. The van der Waals surface area contributed by atoms with E-state index in [2.05, 4.69) is 10.3 Å². The first-order chi connectivity index (χ1) is 22.6. The molecular weight excluding hydrogens is 652 g/mol. The number of carbonyl (C=O) groups is 3. The highest BCUT2D eigenvalue weighted by molar-refractivity contribution is 8.00. The number of rotatable bonds is 6. The van der Waals surface area contributed by atoms with Crippen LogP contribution in [-0.2, 0) is 20.6 Å². The number of hydrogen-bond acceptors (Lipinski definition) is 7. The van der Waals surface area contributed by atoms with Crippen LogP contribution < -0.4 is 19.8 Å². The van der Waals surface area contributed by atoms with E-state index in [0.717, 1.165) is 43.8 Å². The van der Waals surface area contributed by atoms with Crippen molar-refractivity contribution in [2.24, 2.45) is 29.6 Å². The molecule has 4 aliphatic rings. The van der Waals surface area contributed by atoms with Gasteiger partial charge in [-0.05, 0) is 72.2 Å². The van der Waals surface area contributed by atoms with Crippen LogP contribution in [0.4, 0.5) is 24.5 Å². The van der Waals surface area contributed by atoms with E-state index in [0.29, 0.717) is 17.9 Å². The summed E-state index contributed by atoms with van der Waals surface area (Å²) in [7, 11) is 0. The number of nitrogens with one attached hydrogen (secondary N) is 2. The predicted octanol–water partition coefficient (Wildman–Crippen LogP) is 6.15. The summed E-state index contributed by atoms with van der Waals surface area (Å²) in [5.41, 5.74) is 0.512. The number of alkyl halides is 3. The fourth-order valence-electron chi connectivity index (χ4n) is 8.13. The molecule has 8 nitrogen and oxygen atoms in total. The molecule has 4 aromatic rings. The van der Waals surface area contributed by atoms with Crippen LogP contribution in [0, 0.1) is 29.6 Å². The molecule has 240 valence electrons. The van der Waals surface area contributed by atoms with Crippen LogP contribution in [0.15, 0.2) is 88.7 Å². The Morgan fingerprint density at radius 1 is 0.936 bits per heavy atom. The maximum absolute atomic E-state index is 14.0. The molecule has 2 N–H and O–H groups in total. The quantitative estimate of drug-likeness (QED) is 0.237. The lowest BCUT2D eigenvalue weighted by Crippen LogP contribution is -2.42. The fraction of sp³-hybridized carbons (Fsp3) is 0.294. The normalized spacial score (nSPS) is 27.4. The molecule has 8 rings (SSSR count). The zero-order valence-electron chi connectivity index (χ0n) is 24.4. The van der Waals surface area contributed by atoms with E-state index >= 15 is 0 Å².